The molecule has 0 spiro atoms. The molecule has 1 rings (SSSR count). The molecule has 0 amide bonds. The molecule has 0 unspecified atom stereocenters. The second-order valence-electron chi connectivity index (χ2n) is 2.31. The Morgan fingerprint density at radius 2 is 2.43 bits per heavy atom. The van der Waals surface area contributed by atoms with Gasteiger partial charge in [0, 0.05) is 6.20 Å². The fourth-order valence-corrected chi connectivity index (χ4v) is 0.866. The van der Waals surface area contributed by atoms with E-state index < -0.39 is 5.97 Å². The minimum Gasteiger partial charge on any atom is -0.462 e. The third kappa shape index (κ3) is 2.40. The smallest absolute Gasteiger partial charge is 0.343 e. The molecule has 0 atom stereocenters. The van der Waals surface area contributed by atoms with E-state index >= 15 is 0 Å². The second-order valence-corrected chi connectivity index (χ2v) is 2.31. The van der Waals surface area contributed by atoms with Gasteiger partial charge < -0.3 is 4.74 Å². The van der Waals surface area contributed by atoms with Gasteiger partial charge in [-0.15, -0.1) is 0 Å². The molecule has 0 aliphatic heterocycles. The van der Waals surface area contributed by atoms with Crippen molar-refractivity contribution in [2.24, 2.45) is 0 Å². The fraction of sp³-hybridized carbons (Fsp3) is 0.375. The predicted molar refractivity (Wildman–Crippen MR) is 48.6 cm³/mol. The van der Waals surface area contributed by atoms with E-state index in [1.165, 1.54) is 19.6 Å². The largest absolute Gasteiger partial charge is 0.462 e. The van der Waals surface area contributed by atoms with Gasteiger partial charge in [0.25, 0.3) is 0 Å². The Bertz CT molecular complexity index is 316. The van der Waals surface area contributed by atoms with Gasteiger partial charge in [-0.1, -0.05) is 0 Å². The molecule has 1 heterocycles. The van der Waals surface area contributed by atoms with Gasteiger partial charge in [0.15, 0.2) is 5.82 Å². The molecular weight excluding hydrogens is 186 g/mol. The van der Waals surface area contributed by atoms with E-state index in [-0.39, 0.29) is 5.56 Å². The van der Waals surface area contributed by atoms with Gasteiger partial charge in [-0.05, 0) is 6.92 Å². The van der Waals surface area contributed by atoms with E-state index in [9.17, 15) is 4.79 Å². The number of nitrogens with zero attached hydrogens (tertiary/aromatic N) is 2. The van der Waals surface area contributed by atoms with Gasteiger partial charge in [0.1, 0.15) is 11.9 Å². The van der Waals surface area contributed by atoms with Crippen molar-refractivity contribution >= 4 is 11.8 Å². The summed E-state index contributed by atoms with van der Waals surface area (Å²) in [5.41, 5.74) is 2.71. The third-order valence-electron chi connectivity index (χ3n) is 1.41. The zero-order valence-corrected chi connectivity index (χ0v) is 7.98. The van der Waals surface area contributed by atoms with Crippen molar-refractivity contribution in [1.29, 1.82) is 0 Å². The Kier molecular flexibility index (Phi) is 3.81. The molecule has 0 saturated heterocycles. The van der Waals surface area contributed by atoms with Crippen molar-refractivity contribution in [1.82, 2.24) is 9.97 Å². The highest BCUT2D eigenvalue weighted by Gasteiger charge is 2.13. The van der Waals surface area contributed by atoms with E-state index in [0.29, 0.717) is 12.4 Å². The number of anilines is 1. The van der Waals surface area contributed by atoms with E-state index in [1.54, 1.807) is 6.92 Å². The van der Waals surface area contributed by atoms with E-state index in [1.807, 2.05) is 0 Å². The van der Waals surface area contributed by atoms with Gasteiger partial charge in [-0.2, -0.15) is 0 Å². The van der Waals surface area contributed by atoms with E-state index in [4.69, 9.17) is 4.74 Å². The number of carbonyl (C=O) groups excluding carboxylic acids is 1. The number of nitrogens with one attached hydrogen (secondary N) is 1. The first-order chi connectivity index (χ1) is 6.79. The number of hydrogen-bond acceptors (Lipinski definition) is 6. The SMILES string of the molecule is CCOC(=O)c1cncnc1NOC. The van der Waals surface area contributed by atoms with Crippen molar-refractivity contribution in [2.75, 3.05) is 19.2 Å². The molecule has 1 N–H and O–H groups in total. The van der Waals surface area contributed by atoms with Crippen LogP contribution in [0.1, 0.15) is 17.3 Å². The minimum absolute atomic E-state index is 0.246. The number of rotatable bonds is 4. The summed E-state index contributed by atoms with van der Waals surface area (Å²) in [6.45, 7) is 2.03. The molecule has 0 aromatic carbocycles. The number of carbonyl (C=O) groups is 1. The van der Waals surface area contributed by atoms with Crippen LogP contribution in [-0.2, 0) is 9.57 Å². The van der Waals surface area contributed by atoms with Gasteiger partial charge in [-0.3, -0.25) is 4.84 Å². The summed E-state index contributed by atoms with van der Waals surface area (Å²) in [7, 11) is 1.43. The first kappa shape index (κ1) is 10.4. The maximum Gasteiger partial charge on any atom is 0.343 e. The highest BCUT2D eigenvalue weighted by atomic mass is 16.6. The lowest BCUT2D eigenvalue weighted by Gasteiger charge is -2.06. The number of esters is 1. The van der Waals surface area contributed by atoms with Crippen molar-refractivity contribution in [2.45, 2.75) is 6.92 Å². The molecule has 0 aliphatic carbocycles. The van der Waals surface area contributed by atoms with Crippen molar-refractivity contribution in [3.8, 4) is 0 Å². The first-order valence-electron chi connectivity index (χ1n) is 4.05. The van der Waals surface area contributed by atoms with Crippen LogP contribution in [0.4, 0.5) is 5.82 Å². The summed E-state index contributed by atoms with van der Waals surface area (Å²) in [6.07, 6.45) is 2.68. The molecule has 1 aromatic rings. The summed E-state index contributed by atoms with van der Waals surface area (Å²) >= 11 is 0. The molecule has 6 heteroatoms. The average molecular weight is 197 g/mol. The van der Waals surface area contributed by atoms with Gasteiger partial charge in [-0.25, -0.2) is 20.2 Å². The summed E-state index contributed by atoms with van der Waals surface area (Å²) in [6, 6.07) is 0. The highest BCUT2D eigenvalue weighted by molar-refractivity contribution is 5.93. The van der Waals surface area contributed by atoms with Crippen LogP contribution in [0, 0.1) is 0 Å². The predicted octanol–water partition coefficient (Wildman–Crippen LogP) is 0.627. The normalized spacial score (nSPS) is 9.57. The van der Waals surface area contributed by atoms with Gasteiger partial charge >= 0.3 is 5.97 Å². The second kappa shape index (κ2) is 5.13. The maximum absolute atomic E-state index is 11.3. The van der Waals surface area contributed by atoms with Crippen LogP contribution in [0.5, 0.6) is 0 Å². The van der Waals surface area contributed by atoms with Crippen LogP contribution in [-0.4, -0.2) is 29.7 Å². The van der Waals surface area contributed by atoms with E-state index in [2.05, 4.69) is 20.3 Å². The molecule has 0 radical (unpaired) electrons. The van der Waals surface area contributed by atoms with Crippen molar-refractivity contribution in [3.05, 3.63) is 18.1 Å². The Labute approximate surface area is 81.2 Å². The lowest BCUT2D eigenvalue weighted by Crippen LogP contribution is -2.11. The fourth-order valence-electron chi connectivity index (χ4n) is 0.866. The number of ether oxygens (including phenoxy) is 1. The standard InChI is InChI=1S/C8H11N3O3/c1-3-14-8(12)6-4-9-5-10-7(6)11-13-2/h4-5H,3H2,1-2H3,(H,9,10,11). The maximum atomic E-state index is 11.3. The average Bonchev–Trinajstić information content (AvgIpc) is 2.19. The van der Waals surface area contributed by atoms with Crippen LogP contribution in [0.25, 0.3) is 0 Å². The van der Waals surface area contributed by atoms with Gasteiger partial charge in [0.05, 0.1) is 13.7 Å². The van der Waals surface area contributed by atoms with E-state index in [0.717, 1.165) is 0 Å². The lowest BCUT2D eigenvalue weighted by atomic mass is 10.3. The van der Waals surface area contributed by atoms with Crippen LogP contribution in [0.3, 0.4) is 0 Å². The molecule has 14 heavy (non-hydrogen) atoms. The minimum atomic E-state index is -0.479. The molecular formula is C8H11N3O3. The van der Waals surface area contributed by atoms with Crippen LogP contribution in [0.2, 0.25) is 0 Å². The molecule has 76 valence electrons. The summed E-state index contributed by atoms with van der Waals surface area (Å²) in [4.78, 5) is 23.5. The Balaban J connectivity index is 2.88. The molecule has 0 fully saturated rings. The Morgan fingerprint density at radius 1 is 1.64 bits per heavy atom. The van der Waals surface area contributed by atoms with Crippen LogP contribution in [0.15, 0.2) is 12.5 Å². The molecule has 1 aromatic heterocycles. The highest BCUT2D eigenvalue weighted by Crippen LogP contribution is 2.10. The molecule has 0 aliphatic rings. The Hall–Kier alpha value is -1.69. The molecule has 6 nitrogen and oxygen atoms in total. The summed E-state index contributed by atoms with van der Waals surface area (Å²) in [5, 5.41) is 0. The van der Waals surface area contributed by atoms with Crippen LogP contribution < -0.4 is 5.48 Å². The zero-order chi connectivity index (χ0) is 10.4. The van der Waals surface area contributed by atoms with Crippen LogP contribution >= 0.6 is 0 Å². The third-order valence-corrected chi connectivity index (χ3v) is 1.41. The molecule has 0 saturated carbocycles. The summed E-state index contributed by atoms with van der Waals surface area (Å²) < 4.78 is 4.80. The topological polar surface area (TPSA) is 73.3 Å². The van der Waals surface area contributed by atoms with Crippen molar-refractivity contribution in [3.63, 3.8) is 0 Å². The monoisotopic (exact) mass is 197 g/mol. The lowest BCUT2D eigenvalue weighted by molar-refractivity contribution is 0.0525. The molecule has 0 bridgehead atoms. The number of aromatic nitrogens is 2. The summed E-state index contributed by atoms with van der Waals surface area (Å²) in [5.74, 6) is -0.186. The van der Waals surface area contributed by atoms with Gasteiger partial charge in [0.2, 0.25) is 0 Å². The van der Waals surface area contributed by atoms with Crippen molar-refractivity contribution < 1.29 is 14.4 Å². The zero-order valence-electron chi connectivity index (χ0n) is 7.98. The number of hydrogen-bond donors (Lipinski definition) is 1. The quantitative estimate of drug-likeness (QED) is 0.563. The first-order valence-corrected chi connectivity index (χ1v) is 4.05. The Morgan fingerprint density at radius 3 is 3.07 bits per heavy atom.